The van der Waals surface area contributed by atoms with Gasteiger partial charge in [-0.1, -0.05) is 18.2 Å². The molecule has 212 valence electrons. The second kappa shape index (κ2) is 11.2. The molecule has 13 heteroatoms. The Kier molecular flexibility index (Phi) is 7.72. The molecule has 0 saturated carbocycles. The molecule has 0 radical (unpaired) electrons. The van der Waals surface area contributed by atoms with Crippen LogP contribution in [0.3, 0.4) is 0 Å². The van der Waals surface area contributed by atoms with Gasteiger partial charge in [0, 0.05) is 43.0 Å². The van der Waals surface area contributed by atoms with Gasteiger partial charge >= 0.3 is 0 Å². The van der Waals surface area contributed by atoms with E-state index in [2.05, 4.69) is 20.5 Å². The summed E-state index contributed by atoms with van der Waals surface area (Å²) in [4.78, 5) is 48.4. The molecular weight excluding hydrogens is 524 g/mol. The van der Waals surface area contributed by atoms with Crippen molar-refractivity contribution in [3.63, 3.8) is 0 Å². The molecule has 1 aliphatic carbocycles. The van der Waals surface area contributed by atoms with Crippen molar-refractivity contribution in [1.82, 2.24) is 20.5 Å². The zero-order valence-electron chi connectivity index (χ0n) is 21.6. The lowest BCUT2D eigenvalue weighted by Crippen LogP contribution is -2.56. The van der Waals surface area contributed by atoms with Gasteiger partial charge in [-0.25, -0.2) is 10.1 Å². The molecule has 1 aromatic heterocycles. The second-order valence-electron chi connectivity index (χ2n) is 9.89. The molecule has 3 amide bonds. The summed E-state index contributed by atoms with van der Waals surface area (Å²) < 4.78 is 11.8. The van der Waals surface area contributed by atoms with E-state index < -0.39 is 48.1 Å². The van der Waals surface area contributed by atoms with Crippen LogP contribution in [-0.2, 0) is 26.4 Å². The Morgan fingerprint density at radius 3 is 2.70 bits per heavy atom. The molecule has 1 aromatic carbocycles. The van der Waals surface area contributed by atoms with Gasteiger partial charge < -0.3 is 35.2 Å². The quantitative estimate of drug-likeness (QED) is 0.128. The van der Waals surface area contributed by atoms with Gasteiger partial charge in [0.15, 0.2) is 11.5 Å². The highest BCUT2D eigenvalue weighted by atomic mass is 17.1. The van der Waals surface area contributed by atoms with Gasteiger partial charge in [-0.05, 0) is 30.2 Å². The summed E-state index contributed by atoms with van der Waals surface area (Å²) in [6, 6.07) is 5.02. The van der Waals surface area contributed by atoms with E-state index >= 15 is 0 Å². The van der Waals surface area contributed by atoms with E-state index in [1.165, 1.54) is 29.4 Å². The first kappa shape index (κ1) is 27.5. The number of carbonyl (C=O) groups is 3. The Morgan fingerprint density at radius 2 is 2.00 bits per heavy atom. The molecule has 3 heterocycles. The van der Waals surface area contributed by atoms with Crippen molar-refractivity contribution < 1.29 is 44.2 Å². The van der Waals surface area contributed by atoms with Gasteiger partial charge in [0.05, 0.1) is 25.2 Å². The number of aromatic nitrogens is 1. The van der Waals surface area contributed by atoms with Crippen LogP contribution in [0.4, 0.5) is 0 Å². The average Bonchev–Trinajstić information content (AvgIpc) is 3.21. The molecule has 5 atom stereocenters. The lowest BCUT2D eigenvalue weighted by atomic mass is 9.69. The van der Waals surface area contributed by atoms with E-state index in [0.29, 0.717) is 24.3 Å². The number of ether oxygens (including phenoxy) is 2. The highest BCUT2D eigenvalue weighted by molar-refractivity contribution is 5.98. The lowest BCUT2D eigenvalue weighted by Gasteiger charge is -2.36. The van der Waals surface area contributed by atoms with Crippen LogP contribution in [0.2, 0.25) is 0 Å². The highest BCUT2D eigenvalue weighted by Crippen LogP contribution is 2.55. The lowest BCUT2D eigenvalue weighted by molar-refractivity contribution is -0.280. The first-order valence-electron chi connectivity index (χ1n) is 12.8. The molecule has 2 aromatic rings. The zero-order chi connectivity index (χ0) is 28.4. The maximum absolute atomic E-state index is 13.5. The third-order valence-electron chi connectivity index (χ3n) is 7.62. The summed E-state index contributed by atoms with van der Waals surface area (Å²) in [6.45, 7) is -0.427. The van der Waals surface area contributed by atoms with Gasteiger partial charge in [0.1, 0.15) is 12.1 Å². The van der Waals surface area contributed by atoms with Crippen LogP contribution in [-0.4, -0.2) is 87.8 Å². The molecule has 40 heavy (non-hydrogen) atoms. The van der Waals surface area contributed by atoms with E-state index in [-0.39, 0.29) is 24.8 Å². The third kappa shape index (κ3) is 4.88. The summed E-state index contributed by atoms with van der Waals surface area (Å²) in [6.07, 6.45) is 4.43. The molecule has 0 bridgehead atoms. The molecular formula is C27H30N4O9. The van der Waals surface area contributed by atoms with Crippen molar-refractivity contribution in [2.45, 2.75) is 49.3 Å². The van der Waals surface area contributed by atoms with Crippen LogP contribution >= 0.6 is 0 Å². The Balaban J connectivity index is 1.34. The van der Waals surface area contributed by atoms with Crippen LogP contribution in [0.15, 0.2) is 48.8 Å². The summed E-state index contributed by atoms with van der Waals surface area (Å²) >= 11 is 0. The minimum Gasteiger partial charge on any atom is -0.493 e. The van der Waals surface area contributed by atoms with E-state index in [4.69, 9.17) is 9.47 Å². The third-order valence-corrected chi connectivity index (χ3v) is 7.62. The van der Waals surface area contributed by atoms with Crippen LogP contribution in [0.25, 0.3) is 0 Å². The van der Waals surface area contributed by atoms with E-state index in [1.54, 1.807) is 19.3 Å². The van der Waals surface area contributed by atoms with Gasteiger partial charge in [0.2, 0.25) is 12.1 Å². The smallest absolute Gasteiger partial charge is 0.276 e. The number of hydrogen-bond donors (Lipinski definition) is 5. The standard InChI is InChI=1S/C27H30N4O9/c1-38-19-3-2-16-13-31(11-8-27-7-4-17(33)12-20(27)39-22(19)21(16)27)26(36)25(40-37)30-24(35)18(14-32)29-23(34)15-5-9-28-10-6-15/h2-7,9-10,17-18,20,25,32-33,37H,8,11-14H2,1H3,(H,29,34)(H,30,35)/t17?,18?,20-,25?,27?/m1/s1. The fourth-order valence-corrected chi connectivity index (χ4v) is 5.59. The Hall–Kier alpha value is -4.04. The maximum atomic E-state index is 13.5. The number of nitrogens with one attached hydrogen (secondary N) is 2. The Labute approximate surface area is 229 Å². The summed E-state index contributed by atoms with van der Waals surface area (Å²) in [5.74, 6) is -1.19. The molecule has 1 spiro atoms. The number of rotatable bonds is 8. The fraction of sp³-hybridized carbons (Fsp3) is 0.407. The van der Waals surface area contributed by atoms with Crippen LogP contribution < -0.4 is 20.1 Å². The van der Waals surface area contributed by atoms with Crippen molar-refractivity contribution >= 4 is 17.7 Å². The Morgan fingerprint density at radius 1 is 1.23 bits per heavy atom. The Bertz CT molecular complexity index is 1320. The second-order valence-corrected chi connectivity index (χ2v) is 9.89. The van der Waals surface area contributed by atoms with Crippen molar-refractivity contribution in [3.05, 3.63) is 65.5 Å². The molecule has 5 N–H and O–H groups in total. The van der Waals surface area contributed by atoms with E-state index in [0.717, 1.165) is 11.1 Å². The molecule has 4 unspecified atom stereocenters. The molecule has 0 fully saturated rings. The topological polar surface area (TPSA) is 180 Å². The predicted octanol–water partition coefficient (Wildman–Crippen LogP) is -0.135. The van der Waals surface area contributed by atoms with Gasteiger partial charge in [-0.2, -0.15) is 0 Å². The molecule has 13 nitrogen and oxygen atoms in total. The number of pyridine rings is 1. The molecule has 2 aliphatic heterocycles. The number of hydrogen-bond acceptors (Lipinski definition) is 10. The monoisotopic (exact) mass is 554 g/mol. The number of carbonyl (C=O) groups excluding carboxylic acids is 3. The van der Waals surface area contributed by atoms with E-state index in [1.807, 2.05) is 12.1 Å². The van der Waals surface area contributed by atoms with Gasteiger partial charge in [-0.15, -0.1) is 0 Å². The molecule has 3 aliphatic rings. The zero-order valence-corrected chi connectivity index (χ0v) is 21.6. The number of methoxy groups -OCH3 is 1. The minimum absolute atomic E-state index is 0.122. The fourth-order valence-electron chi connectivity index (χ4n) is 5.59. The average molecular weight is 555 g/mol. The first-order chi connectivity index (χ1) is 19.3. The first-order valence-corrected chi connectivity index (χ1v) is 12.8. The number of aliphatic hydroxyl groups is 2. The van der Waals surface area contributed by atoms with Crippen molar-refractivity contribution in [1.29, 1.82) is 0 Å². The normalized spacial score (nSPS) is 24.1. The summed E-state index contributed by atoms with van der Waals surface area (Å²) in [7, 11) is 1.54. The van der Waals surface area contributed by atoms with Crippen molar-refractivity contribution in [2.75, 3.05) is 20.3 Å². The molecule has 0 saturated heterocycles. The number of benzene rings is 1. The van der Waals surface area contributed by atoms with Crippen molar-refractivity contribution in [2.24, 2.45) is 0 Å². The van der Waals surface area contributed by atoms with Gasteiger partial charge in [-0.3, -0.25) is 19.4 Å². The predicted molar refractivity (Wildman–Crippen MR) is 137 cm³/mol. The van der Waals surface area contributed by atoms with Crippen molar-refractivity contribution in [3.8, 4) is 11.5 Å². The number of amides is 3. The maximum Gasteiger partial charge on any atom is 0.276 e. The molecule has 5 rings (SSSR count). The SMILES string of the molecule is COc1ccc2c3c1O[C@@H]1CC(O)C=CC31CCN(C(=O)C(NC(=O)C(CO)NC(=O)c1ccncc1)OO)C2. The number of nitrogens with zero attached hydrogens (tertiary/aromatic N) is 2. The minimum atomic E-state index is -1.80. The largest absolute Gasteiger partial charge is 0.493 e. The van der Waals surface area contributed by atoms with Gasteiger partial charge in [0.25, 0.3) is 11.8 Å². The van der Waals surface area contributed by atoms with Crippen LogP contribution in [0, 0.1) is 0 Å². The summed E-state index contributed by atoms with van der Waals surface area (Å²) in [5, 5.41) is 34.1. The highest BCUT2D eigenvalue weighted by Gasteiger charge is 2.53. The van der Waals surface area contributed by atoms with Crippen LogP contribution in [0.5, 0.6) is 11.5 Å². The number of aliphatic hydroxyl groups excluding tert-OH is 2. The van der Waals surface area contributed by atoms with E-state index in [9.17, 15) is 29.9 Å². The van der Waals surface area contributed by atoms with Crippen LogP contribution in [0.1, 0.15) is 34.3 Å². The summed E-state index contributed by atoms with van der Waals surface area (Å²) in [5.41, 5.74) is 1.27.